The fourth-order valence-electron chi connectivity index (χ4n) is 3.15. The Morgan fingerprint density at radius 3 is 2.53 bits per heavy atom. The van der Waals surface area contributed by atoms with E-state index in [2.05, 4.69) is 44.5 Å². The van der Waals surface area contributed by atoms with Crippen molar-refractivity contribution in [3.8, 4) is 17.0 Å². The molecule has 8 heteroatoms. The highest BCUT2D eigenvalue weighted by Crippen LogP contribution is 2.34. The zero-order chi connectivity index (χ0) is 21.9. The summed E-state index contributed by atoms with van der Waals surface area (Å²) in [5, 5.41) is 18.7. The number of hydrogen-bond acceptors (Lipinski definition) is 5. The van der Waals surface area contributed by atoms with Crippen LogP contribution in [0.4, 0.5) is 0 Å². The quantitative estimate of drug-likeness (QED) is 0.451. The second-order valence-electron chi connectivity index (χ2n) is 7.99. The average molecular weight is 431 g/mol. The van der Waals surface area contributed by atoms with E-state index in [1.54, 1.807) is 13.3 Å². The second-order valence-corrected chi connectivity index (χ2v) is 12.6. The molecule has 0 fully saturated rings. The minimum atomic E-state index is -0.424. The third-order valence-corrected chi connectivity index (χ3v) is 6.14. The molecule has 7 nitrogen and oxygen atoms in total. The molecule has 0 bridgehead atoms. The van der Waals surface area contributed by atoms with Crippen LogP contribution in [0.2, 0.25) is 0 Å². The molecule has 0 atom stereocenters. The van der Waals surface area contributed by atoms with Crippen LogP contribution in [-0.4, -0.2) is 68.0 Å². The Balaban J connectivity index is 0.000000318. The van der Waals surface area contributed by atoms with Gasteiger partial charge in [0, 0.05) is 29.7 Å². The molecule has 0 aliphatic heterocycles. The summed E-state index contributed by atoms with van der Waals surface area (Å²) in [6, 6.07) is 7.97. The van der Waals surface area contributed by atoms with Crippen LogP contribution in [0.15, 0.2) is 36.7 Å². The van der Waals surface area contributed by atoms with Crippen LogP contribution >= 0.6 is 10.0 Å². The predicted octanol–water partition coefficient (Wildman–Crippen LogP) is 3.29. The highest BCUT2D eigenvalue weighted by Gasteiger charge is 2.13. The van der Waals surface area contributed by atoms with E-state index < -0.39 is 10.0 Å². The number of H-pyrrole nitrogens is 1. The molecule has 4 aromatic rings. The van der Waals surface area contributed by atoms with Gasteiger partial charge in [0.15, 0.2) is 5.65 Å². The molecule has 4 rings (SSSR count). The zero-order valence-electron chi connectivity index (χ0n) is 18.1. The molecule has 30 heavy (non-hydrogen) atoms. The molecule has 0 aliphatic carbocycles. The maximum absolute atomic E-state index is 9.19. The van der Waals surface area contributed by atoms with Crippen molar-refractivity contribution >= 4 is 32.1 Å². The fraction of sp³-hybridized carbons (Fsp3) is 0.364. The van der Waals surface area contributed by atoms with Crippen molar-refractivity contribution in [3.05, 3.63) is 42.4 Å². The van der Waals surface area contributed by atoms with Crippen molar-refractivity contribution < 1.29 is 14.9 Å². The van der Waals surface area contributed by atoms with Crippen LogP contribution in [0.3, 0.4) is 0 Å². The number of nitrogens with one attached hydrogen (secondary N) is 1. The summed E-state index contributed by atoms with van der Waals surface area (Å²) >= 11 is 0. The Morgan fingerprint density at radius 2 is 1.93 bits per heavy atom. The molecular weight excluding hydrogens is 400 g/mol. The van der Waals surface area contributed by atoms with E-state index in [-0.39, 0.29) is 6.61 Å². The first-order valence-electron chi connectivity index (χ1n) is 9.61. The second kappa shape index (κ2) is 9.07. The first kappa shape index (κ1) is 22.1. The average Bonchev–Trinajstić information content (AvgIpc) is 3.27. The van der Waals surface area contributed by atoms with E-state index in [0.29, 0.717) is 17.9 Å². The van der Waals surface area contributed by atoms with Crippen molar-refractivity contribution in [2.24, 2.45) is 7.05 Å². The number of aliphatic hydroxyl groups excluding tert-OH is 2. The summed E-state index contributed by atoms with van der Waals surface area (Å²) in [5.41, 5.74) is 5.13. The molecule has 3 heterocycles. The molecule has 0 aliphatic rings. The molecule has 0 amide bonds. The minimum absolute atomic E-state index is 0.116. The van der Waals surface area contributed by atoms with E-state index in [1.807, 2.05) is 31.3 Å². The summed E-state index contributed by atoms with van der Waals surface area (Å²) in [7, 11) is 3.25. The van der Waals surface area contributed by atoms with Crippen LogP contribution in [0.25, 0.3) is 33.3 Å². The lowest BCUT2D eigenvalue weighted by Gasteiger charge is -2.22. The van der Waals surface area contributed by atoms with Gasteiger partial charge in [-0.1, -0.05) is 0 Å². The van der Waals surface area contributed by atoms with Gasteiger partial charge >= 0.3 is 0 Å². The van der Waals surface area contributed by atoms with Crippen molar-refractivity contribution in [2.75, 3.05) is 38.2 Å². The molecular formula is C22H30N4O3S. The van der Waals surface area contributed by atoms with Crippen molar-refractivity contribution in [2.45, 2.75) is 6.61 Å². The molecule has 0 radical (unpaired) electrons. The molecule has 0 spiro atoms. The van der Waals surface area contributed by atoms with Gasteiger partial charge in [-0.3, -0.25) is 0 Å². The lowest BCUT2D eigenvalue weighted by Crippen LogP contribution is -2.01. The van der Waals surface area contributed by atoms with Crippen molar-refractivity contribution in [1.29, 1.82) is 0 Å². The number of rotatable bonds is 5. The third-order valence-electron chi connectivity index (χ3n) is 4.74. The number of aromatic nitrogens is 4. The van der Waals surface area contributed by atoms with Gasteiger partial charge in [0.05, 0.1) is 37.9 Å². The molecule has 3 aromatic heterocycles. The summed E-state index contributed by atoms with van der Waals surface area (Å²) in [4.78, 5) is 12.0. The maximum atomic E-state index is 9.19. The van der Waals surface area contributed by atoms with Gasteiger partial charge in [0.25, 0.3) is 0 Å². The van der Waals surface area contributed by atoms with Gasteiger partial charge in [-0.25, -0.2) is 20.0 Å². The summed E-state index contributed by atoms with van der Waals surface area (Å²) < 4.78 is 7.42. The van der Waals surface area contributed by atoms with Gasteiger partial charge in [-0.15, -0.1) is 0 Å². The summed E-state index contributed by atoms with van der Waals surface area (Å²) in [6.45, 7) is 0.230. The van der Waals surface area contributed by atoms with E-state index in [1.165, 1.54) is 0 Å². The van der Waals surface area contributed by atoms with Crippen molar-refractivity contribution in [3.63, 3.8) is 0 Å². The van der Waals surface area contributed by atoms with E-state index in [4.69, 9.17) is 9.84 Å². The summed E-state index contributed by atoms with van der Waals surface area (Å²) in [6.07, 6.45) is 10.2. The Kier molecular flexibility index (Phi) is 6.70. The number of ether oxygens (including phenoxy) is 1. The van der Waals surface area contributed by atoms with Gasteiger partial charge in [-0.05, 0) is 48.8 Å². The normalized spacial score (nSPS) is 12.1. The zero-order valence-corrected chi connectivity index (χ0v) is 19.0. The first-order valence-corrected chi connectivity index (χ1v) is 12.6. The lowest BCUT2D eigenvalue weighted by molar-refractivity contribution is 0.277. The Labute approximate surface area is 178 Å². The maximum Gasteiger partial charge on any atom is 0.156 e. The van der Waals surface area contributed by atoms with Crippen LogP contribution in [0.1, 0.15) is 5.69 Å². The lowest BCUT2D eigenvalue weighted by atomic mass is 10.1. The largest absolute Gasteiger partial charge is 0.497 e. The highest BCUT2D eigenvalue weighted by atomic mass is 32.3. The SMILES string of the molecule is COc1ccc2c(c1)c(-c1cc3nc(CO)cnc3[nH]1)cn2C.CS(C)(C)CCO. The fourth-order valence-corrected chi connectivity index (χ4v) is 3.69. The van der Waals surface area contributed by atoms with E-state index >= 15 is 0 Å². The summed E-state index contributed by atoms with van der Waals surface area (Å²) in [5.74, 6) is 1.80. The molecule has 3 N–H and O–H groups in total. The predicted molar refractivity (Wildman–Crippen MR) is 126 cm³/mol. The molecule has 162 valence electrons. The topological polar surface area (TPSA) is 96.2 Å². The number of benzene rings is 1. The van der Waals surface area contributed by atoms with Gasteiger partial charge in [-0.2, -0.15) is 0 Å². The van der Waals surface area contributed by atoms with Gasteiger partial charge in [0.1, 0.15) is 11.3 Å². The Bertz CT molecular complexity index is 1140. The monoisotopic (exact) mass is 430 g/mol. The standard InChI is InChI=1S/C17H16N4O2.C5H14OS/c1-21-8-13(12-5-11(23-2)3-4-16(12)21)14-6-15-17(20-14)18-7-10(9-22)19-15;1-7(2,3)5-4-6/h3-8,22H,9H2,1-2H3,(H,18,20);6H,4-5H2,1-3H3. The number of methoxy groups -OCH3 is 1. The first-order chi connectivity index (χ1) is 14.3. The molecule has 0 saturated carbocycles. The number of hydrogen-bond donors (Lipinski definition) is 3. The third kappa shape index (κ3) is 4.95. The van der Waals surface area contributed by atoms with Crippen molar-refractivity contribution in [1.82, 2.24) is 19.5 Å². The number of aromatic amines is 1. The smallest absolute Gasteiger partial charge is 0.156 e. The van der Waals surface area contributed by atoms with E-state index in [0.717, 1.165) is 39.2 Å². The van der Waals surface area contributed by atoms with Crippen LogP contribution < -0.4 is 4.74 Å². The molecule has 0 unspecified atom stereocenters. The Morgan fingerprint density at radius 1 is 1.17 bits per heavy atom. The number of aliphatic hydroxyl groups is 2. The van der Waals surface area contributed by atoms with E-state index in [9.17, 15) is 5.11 Å². The van der Waals surface area contributed by atoms with Gasteiger partial charge in [0.2, 0.25) is 0 Å². The van der Waals surface area contributed by atoms with Crippen LogP contribution in [-0.2, 0) is 13.7 Å². The molecule has 1 aromatic carbocycles. The highest BCUT2D eigenvalue weighted by molar-refractivity contribution is 8.32. The number of fused-ring (bicyclic) bond motifs is 2. The minimum Gasteiger partial charge on any atom is -0.497 e. The molecule has 0 saturated heterocycles. The van der Waals surface area contributed by atoms with Crippen LogP contribution in [0.5, 0.6) is 5.75 Å². The van der Waals surface area contributed by atoms with Crippen LogP contribution in [0, 0.1) is 0 Å². The number of aryl methyl sites for hydroxylation is 1. The Hall–Kier alpha value is -2.55. The van der Waals surface area contributed by atoms with Gasteiger partial charge < -0.3 is 24.5 Å². The number of nitrogens with zero attached hydrogens (tertiary/aromatic N) is 3.